The highest BCUT2D eigenvalue weighted by molar-refractivity contribution is 6.08. The van der Waals surface area contributed by atoms with Gasteiger partial charge in [0.05, 0.1) is 17.0 Å². The van der Waals surface area contributed by atoms with Crippen molar-refractivity contribution >= 4 is 21.9 Å². The quantitative estimate of drug-likeness (QED) is 0.257. The van der Waals surface area contributed by atoms with Crippen LogP contribution in [0.25, 0.3) is 55.8 Å². The molecule has 3 heterocycles. The summed E-state index contributed by atoms with van der Waals surface area (Å²) < 4.78 is 41.5. The molecule has 6 rings (SSSR count). The van der Waals surface area contributed by atoms with Crippen molar-refractivity contribution in [3.05, 3.63) is 90.1 Å². The summed E-state index contributed by atoms with van der Waals surface area (Å²) in [6.45, 7) is 2.08. The lowest BCUT2D eigenvalue weighted by atomic mass is 10.0. The summed E-state index contributed by atoms with van der Waals surface area (Å²) in [4.78, 5) is 13.4. The second-order valence-electron chi connectivity index (χ2n) is 9.28. The number of hydrogen-bond donors (Lipinski definition) is 1. The van der Waals surface area contributed by atoms with Crippen LogP contribution in [0.5, 0.6) is 0 Å². The molecule has 0 saturated carbocycles. The Morgan fingerprint density at radius 2 is 1.55 bits per heavy atom. The lowest BCUT2D eigenvalue weighted by Gasteiger charge is -2.11. The van der Waals surface area contributed by atoms with Crippen LogP contribution in [0.1, 0.15) is 24.6 Å². The predicted molar refractivity (Wildman–Crippen MR) is 143 cm³/mol. The van der Waals surface area contributed by atoms with Crippen LogP contribution in [0.15, 0.2) is 78.9 Å². The van der Waals surface area contributed by atoms with Crippen LogP contribution < -0.4 is 0 Å². The highest BCUT2D eigenvalue weighted by Gasteiger charge is 2.30. The molecule has 8 heteroatoms. The number of nitrogens with zero attached hydrogens (tertiary/aromatic N) is 4. The Kier molecular flexibility index (Phi) is 5.75. The first-order chi connectivity index (χ1) is 18.3. The van der Waals surface area contributed by atoms with E-state index in [-0.39, 0.29) is 0 Å². The molecule has 0 saturated heterocycles. The van der Waals surface area contributed by atoms with Gasteiger partial charge in [0.15, 0.2) is 5.82 Å². The van der Waals surface area contributed by atoms with Crippen molar-refractivity contribution in [3.8, 4) is 33.9 Å². The van der Waals surface area contributed by atoms with Crippen LogP contribution in [-0.4, -0.2) is 24.7 Å². The Bertz CT molecular complexity index is 1760. The van der Waals surface area contributed by atoms with E-state index in [1.165, 1.54) is 12.1 Å². The zero-order valence-corrected chi connectivity index (χ0v) is 20.8. The van der Waals surface area contributed by atoms with Crippen molar-refractivity contribution in [1.29, 1.82) is 0 Å². The van der Waals surface area contributed by atoms with Gasteiger partial charge in [-0.15, -0.1) is 0 Å². The molecule has 0 spiro atoms. The van der Waals surface area contributed by atoms with Crippen LogP contribution in [0.3, 0.4) is 0 Å². The van der Waals surface area contributed by atoms with Gasteiger partial charge in [0.2, 0.25) is 0 Å². The number of benzene rings is 3. The van der Waals surface area contributed by atoms with Crippen LogP contribution in [-0.2, 0) is 19.6 Å². The SMILES string of the molecule is CCCc1nn(C)c2c(-c3c(-c4ccccc4)[nH]c4ccccc34)nc(-c3ccc(C(F)(F)F)cc3)nc12. The van der Waals surface area contributed by atoms with Gasteiger partial charge < -0.3 is 4.98 Å². The van der Waals surface area contributed by atoms with Gasteiger partial charge >= 0.3 is 6.18 Å². The second kappa shape index (κ2) is 9.13. The number of fused-ring (bicyclic) bond motifs is 2. The molecule has 3 aromatic carbocycles. The fourth-order valence-electron chi connectivity index (χ4n) is 4.97. The molecule has 38 heavy (non-hydrogen) atoms. The summed E-state index contributed by atoms with van der Waals surface area (Å²) in [6, 6.07) is 23.0. The number of aryl methyl sites for hydroxylation is 2. The number of halogens is 3. The third kappa shape index (κ3) is 4.02. The molecule has 0 aliphatic heterocycles. The van der Waals surface area contributed by atoms with E-state index in [4.69, 9.17) is 15.1 Å². The minimum absolute atomic E-state index is 0.357. The third-order valence-corrected chi connectivity index (χ3v) is 6.71. The van der Waals surface area contributed by atoms with Crippen molar-refractivity contribution in [2.24, 2.45) is 7.05 Å². The Balaban J connectivity index is 1.68. The highest BCUT2D eigenvalue weighted by Crippen LogP contribution is 2.41. The maximum absolute atomic E-state index is 13.2. The summed E-state index contributed by atoms with van der Waals surface area (Å²) in [5.41, 5.74) is 6.57. The first-order valence-electron chi connectivity index (χ1n) is 12.4. The molecule has 0 fully saturated rings. The maximum Gasteiger partial charge on any atom is 0.416 e. The Hall–Kier alpha value is -4.46. The van der Waals surface area contributed by atoms with E-state index in [0.717, 1.165) is 63.9 Å². The minimum Gasteiger partial charge on any atom is -0.354 e. The summed E-state index contributed by atoms with van der Waals surface area (Å²) in [5, 5.41) is 5.76. The molecule has 6 aromatic rings. The van der Waals surface area contributed by atoms with Gasteiger partial charge in [0, 0.05) is 29.1 Å². The van der Waals surface area contributed by atoms with Gasteiger partial charge in [-0.3, -0.25) is 4.68 Å². The van der Waals surface area contributed by atoms with E-state index in [1.807, 2.05) is 66.3 Å². The Morgan fingerprint density at radius 3 is 2.26 bits per heavy atom. The van der Waals surface area contributed by atoms with Crippen LogP contribution in [0.2, 0.25) is 0 Å². The topological polar surface area (TPSA) is 59.4 Å². The number of H-pyrrole nitrogens is 1. The Morgan fingerprint density at radius 1 is 0.842 bits per heavy atom. The van der Waals surface area contributed by atoms with Gasteiger partial charge in [-0.25, -0.2) is 9.97 Å². The maximum atomic E-state index is 13.2. The minimum atomic E-state index is -4.42. The lowest BCUT2D eigenvalue weighted by molar-refractivity contribution is -0.137. The molecule has 3 aromatic heterocycles. The fourth-order valence-corrected chi connectivity index (χ4v) is 4.97. The van der Waals surface area contributed by atoms with E-state index >= 15 is 0 Å². The number of hydrogen-bond acceptors (Lipinski definition) is 3. The summed E-state index contributed by atoms with van der Waals surface area (Å²) in [5.74, 6) is 0.357. The monoisotopic (exact) mass is 511 g/mol. The van der Waals surface area contributed by atoms with Crippen molar-refractivity contribution in [2.45, 2.75) is 25.9 Å². The molecule has 0 unspecified atom stereocenters. The largest absolute Gasteiger partial charge is 0.416 e. The predicted octanol–water partition coefficient (Wildman–Crippen LogP) is 7.82. The number of alkyl halides is 3. The number of aromatic amines is 1. The number of nitrogens with one attached hydrogen (secondary N) is 1. The molecule has 0 bridgehead atoms. The standard InChI is InChI=1S/C30H24F3N5/c1-3-9-23-26-28(38(2)37-23)27(36-29(35-26)19-14-16-20(17-15-19)30(31,32)33)24-21-12-7-8-13-22(21)34-25(24)18-10-5-4-6-11-18/h4-8,10-17,34H,3,9H2,1-2H3. The van der Waals surface area contributed by atoms with Crippen LogP contribution >= 0.6 is 0 Å². The van der Waals surface area contributed by atoms with Crippen LogP contribution in [0, 0.1) is 0 Å². The first kappa shape index (κ1) is 23.9. The molecule has 0 atom stereocenters. The van der Waals surface area contributed by atoms with Gasteiger partial charge in [-0.2, -0.15) is 18.3 Å². The molecule has 0 amide bonds. The normalized spacial score (nSPS) is 12.0. The summed E-state index contributed by atoms with van der Waals surface area (Å²) in [6.07, 6.45) is -2.82. The third-order valence-electron chi connectivity index (χ3n) is 6.71. The first-order valence-corrected chi connectivity index (χ1v) is 12.4. The number of para-hydroxylation sites is 1. The van der Waals surface area contributed by atoms with E-state index < -0.39 is 11.7 Å². The van der Waals surface area contributed by atoms with Gasteiger partial charge in [0.1, 0.15) is 16.7 Å². The number of aromatic nitrogens is 5. The molecule has 190 valence electrons. The van der Waals surface area contributed by atoms with Crippen molar-refractivity contribution < 1.29 is 13.2 Å². The second-order valence-corrected chi connectivity index (χ2v) is 9.28. The summed E-state index contributed by atoms with van der Waals surface area (Å²) >= 11 is 0. The lowest BCUT2D eigenvalue weighted by Crippen LogP contribution is -2.04. The highest BCUT2D eigenvalue weighted by atomic mass is 19.4. The zero-order valence-electron chi connectivity index (χ0n) is 20.8. The van der Waals surface area contributed by atoms with E-state index in [1.54, 1.807) is 0 Å². The molecular formula is C30H24F3N5. The molecular weight excluding hydrogens is 487 g/mol. The molecule has 0 aliphatic carbocycles. The smallest absolute Gasteiger partial charge is 0.354 e. The number of rotatable bonds is 5. The van der Waals surface area contributed by atoms with Crippen molar-refractivity contribution in [3.63, 3.8) is 0 Å². The van der Waals surface area contributed by atoms with Crippen molar-refractivity contribution in [1.82, 2.24) is 24.7 Å². The molecule has 0 aliphatic rings. The molecule has 5 nitrogen and oxygen atoms in total. The van der Waals surface area contributed by atoms with Crippen LogP contribution in [0.4, 0.5) is 13.2 Å². The molecule has 0 radical (unpaired) electrons. The molecule has 1 N–H and O–H groups in total. The summed E-state index contributed by atoms with van der Waals surface area (Å²) in [7, 11) is 1.88. The van der Waals surface area contributed by atoms with Crippen molar-refractivity contribution in [2.75, 3.05) is 0 Å². The van der Waals surface area contributed by atoms with E-state index in [0.29, 0.717) is 22.6 Å². The average Bonchev–Trinajstić information content (AvgIpc) is 3.46. The van der Waals surface area contributed by atoms with Gasteiger partial charge in [-0.05, 0) is 30.2 Å². The Labute approximate surface area is 217 Å². The van der Waals surface area contributed by atoms with Gasteiger partial charge in [0.25, 0.3) is 0 Å². The van der Waals surface area contributed by atoms with E-state index in [9.17, 15) is 13.2 Å². The van der Waals surface area contributed by atoms with E-state index in [2.05, 4.69) is 11.9 Å². The zero-order chi connectivity index (χ0) is 26.4. The van der Waals surface area contributed by atoms with Gasteiger partial charge in [-0.1, -0.05) is 74.0 Å². The fraction of sp³-hybridized carbons (Fsp3) is 0.167. The average molecular weight is 512 g/mol.